The van der Waals surface area contributed by atoms with Crippen LogP contribution in [0.2, 0.25) is 0 Å². The molecule has 0 bridgehead atoms. The lowest BCUT2D eigenvalue weighted by Gasteiger charge is -2.21. The lowest BCUT2D eigenvalue weighted by Crippen LogP contribution is -2.30. The average molecular weight is 1420 g/mol. The number of esters is 4. The monoisotopic (exact) mass is 1420 g/mol. The Labute approximate surface area is 594 Å². The van der Waals surface area contributed by atoms with Crippen LogP contribution in [-0.4, -0.2) is 96.7 Å². The Morgan fingerprint density at radius 2 is 0.526 bits per heavy atom. The summed E-state index contributed by atoms with van der Waals surface area (Å²) in [4.78, 5) is 72.9. The summed E-state index contributed by atoms with van der Waals surface area (Å²) in [5, 5.41) is 10.6. The molecule has 0 heterocycles. The molecule has 19 heteroatoms. The Kier molecular flexibility index (Phi) is 68.4. The Balaban J connectivity index is 5.23. The van der Waals surface area contributed by atoms with Gasteiger partial charge in [-0.3, -0.25) is 37.3 Å². The van der Waals surface area contributed by atoms with Crippen molar-refractivity contribution < 1.29 is 80.2 Å². The maximum Gasteiger partial charge on any atom is 0.472 e. The Hall–Kier alpha value is -1.94. The second-order valence-corrected chi connectivity index (χ2v) is 31.7. The molecular weight excluding hydrogens is 1270 g/mol. The van der Waals surface area contributed by atoms with Crippen molar-refractivity contribution in [2.75, 3.05) is 39.6 Å². The zero-order valence-electron chi connectivity index (χ0n) is 63.4. The second-order valence-electron chi connectivity index (χ2n) is 28.8. The first kappa shape index (κ1) is 95.1. The van der Waals surface area contributed by atoms with Gasteiger partial charge in [0.05, 0.1) is 26.4 Å². The van der Waals surface area contributed by atoms with Crippen LogP contribution in [0.1, 0.15) is 408 Å². The molecule has 0 saturated heterocycles. The SMILES string of the molecule is CCCCCCCCCCCCCCCCCCCC(=O)OC[C@H](COP(=O)(O)OC[C@@H](O)COP(=O)(O)OC[C@@H](COC(=O)CCCCCCCCCCC)OC(=O)CCCCCCCCCCCCC(C)C)OC(=O)CCCCCCCCCCCCCCCCC(C)CC. The highest BCUT2D eigenvalue weighted by Crippen LogP contribution is 2.45. The van der Waals surface area contributed by atoms with E-state index >= 15 is 0 Å². The summed E-state index contributed by atoms with van der Waals surface area (Å²) in [5.74, 6) is -0.515. The number of hydrogen-bond acceptors (Lipinski definition) is 15. The normalized spacial score (nSPS) is 14.2. The quantitative estimate of drug-likeness (QED) is 0.0222. The van der Waals surface area contributed by atoms with E-state index < -0.39 is 97.5 Å². The maximum absolute atomic E-state index is 13.1. The molecule has 0 aromatic rings. The number of aliphatic hydroxyl groups excluding tert-OH is 1. The van der Waals surface area contributed by atoms with Crippen molar-refractivity contribution in [3.8, 4) is 0 Å². The largest absolute Gasteiger partial charge is 0.472 e. The number of aliphatic hydroxyl groups is 1. The van der Waals surface area contributed by atoms with Gasteiger partial charge in [0.25, 0.3) is 0 Å². The maximum atomic E-state index is 13.1. The fourth-order valence-corrected chi connectivity index (χ4v) is 13.6. The van der Waals surface area contributed by atoms with Gasteiger partial charge in [-0.25, -0.2) is 9.13 Å². The number of phosphoric acid groups is 2. The molecule has 0 aliphatic carbocycles. The molecule has 6 atom stereocenters. The number of carbonyl (C=O) groups excluding carboxylic acids is 4. The van der Waals surface area contributed by atoms with Crippen LogP contribution in [0.3, 0.4) is 0 Å². The van der Waals surface area contributed by atoms with Gasteiger partial charge >= 0.3 is 39.5 Å². The Morgan fingerprint density at radius 3 is 0.784 bits per heavy atom. The van der Waals surface area contributed by atoms with Crippen molar-refractivity contribution in [3.63, 3.8) is 0 Å². The van der Waals surface area contributed by atoms with E-state index in [4.69, 9.17) is 37.0 Å². The Morgan fingerprint density at radius 1 is 0.299 bits per heavy atom. The van der Waals surface area contributed by atoms with Crippen LogP contribution >= 0.6 is 15.6 Å². The van der Waals surface area contributed by atoms with Gasteiger partial charge in [0, 0.05) is 25.7 Å². The third-order valence-corrected chi connectivity index (χ3v) is 20.5. The standard InChI is InChI=1S/C78H152O17P2/c1-7-10-12-14-16-18-19-20-21-22-23-27-30-37-43-49-55-61-76(81)89-67-74(94-77(82)62-56-50-44-38-31-28-25-24-26-29-36-41-47-53-59-71(6)9-3)69-93-97(86,87)91-65-72(79)64-90-96(84,85)92-68-73(66-88-75(80)60-54-48-42-34-17-15-13-11-8-2)95-78(83)63-57-51-45-39-33-32-35-40-46-52-58-70(4)5/h70-74,79H,7-69H2,1-6H3,(H,84,85)(H,86,87)/t71?,72-,73+,74+/m0/s1. The highest BCUT2D eigenvalue weighted by atomic mass is 31.2. The molecule has 0 spiro atoms. The smallest absolute Gasteiger partial charge is 0.462 e. The predicted molar refractivity (Wildman–Crippen MR) is 395 cm³/mol. The molecule has 0 aromatic carbocycles. The third kappa shape index (κ3) is 70.9. The first-order valence-electron chi connectivity index (χ1n) is 40.5. The lowest BCUT2D eigenvalue weighted by atomic mass is 9.99. The zero-order valence-corrected chi connectivity index (χ0v) is 65.2. The number of carbonyl (C=O) groups is 4. The topological polar surface area (TPSA) is 237 Å². The van der Waals surface area contributed by atoms with Crippen LogP contribution in [0.25, 0.3) is 0 Å². The molecule has 0 radical (unpaired) electrons. The van der Waals surface area contributed by atoms with Gasteiger partial charge in [-0.15, -0.1) is 0 Å². The van der Waals surface area contributed by atoms with Crippen LogP contribution in [0.15, 0.2) is 0 Å². The highest BCUT2D eigenvalue weighted by molar-refractivity contribution is 7.47. The van der Waals surface area contributed by atoms with E-state index in [1.165, 1.54) is 225 Å². The zero-order chi connectivity index (χ0) is 71.4. The van der Waals surface area contributed by atoms with Gasteiger partial charge < -0.3 is 33.8 Å². The fourth-order valence-electron chi connectivity index (χ4n) is 12.0. The van der Waals surface area contributed by atoms with E-state index in [1.54, 1.807) is 0 Å². The van der Waals surface area contributed by atoms with Crippen LogP contribution < -0.4 is 0 Å². The molecule has 0 aromatic heterocycles. The summed E-state index contributed by atoms with van der Waals surface area (Å²) in [6.07, 6.45) is 58.2. The van der Waals surface area contributed by atoms with Crippen LogP contribution in [0.4, 0.5) is 0 Å². The first-order chi connectivity index (χ1) is 46.9. The van der Waals surface area contributed by atoms with Crippen molar-refractivity contribution in [2.45, 2.75) is 426 Å². The van der Waals surface area contributed by atoms with E-state index in [2.05, 4.69) is 41.5 Å². The van der Waals surface area contributed by atoms with E-state index in [9.17, 15) is 43.2 Å². The van der Waals surface area contributed by atoms with Gasteiger partial charge in [0.1, 0.15) is 19.3 Å². The van der Waals surface area contributed by atoms with Gasteiger partial charge in [0.2, 0.25) is 0 Å². The summed E-state index contributed by atoms with van der Waals surface area (Å²) in [6.45, 7) is 9.64. The highest BCUT2D eigenvalue weighted by Gasteiger charge is 2.30. The van der Waals surface area contributed by atoms with E-state index in [0.29, 0.717) is 25.7 Å². The van der Waals surface area contributed by atoms with Crippen LogP contribution in [-0.2, 0) is 65.4 Å². The van der Waals surface area contributed by atoms with Crippen molar-refractivity contribution in [3.05, 3.63) is 0 Å². The third-order valence-electron chi connectivity index (χ3n) is 18.6. The minimum atomic E-state index is -4.96. The minimum Gasteiger partial charge on any atom is -0.462 e. The Bertz CT molecular complexity index is 1870. The van der Waals surface area contributed by atoms with Crippen molar-refractivity contribution in [2.24, 2.45) is 11.8 Å². The summed E-state index contributed by atoms with van der Waals surface area (Å²) in [7, 11) is -9.91. The minimum absolute atomic E-state index is 0.106. The van der Waals surface area contributed by atoms with E-state index in [1.807, 2.05) is 0 Å². The molecule has 0 aliphatic heterocycles. The van der Waals surface area contributed by atoms with Gasteiger partial charge in [0.15, 0.2) is 12.2 Å². The van der Waals surface area contributed by atoms with Crippen LogP contribution in [0.5, 0.6) is 0 Å². The molecule has 3 unspecified atom stereocenters. The van der Waals surface area contributed by atoms with Crippen molar-refractivity contribution in [1.29, 1.82) is 0 Å². The molecule has 0 saturated carbocycles. The van der Waals surface area contributed by atoms with E-state index in [0.717, 1.165) is 102 Å². The van der Waals surface area contributed by atoms with Crippen molar-refractivity contribution >= 4 is 39.5 Å². The summed E-state index contributed by atoms with van der Waals surface area (Å²) < 4.78 is 68.6. The molecule has 576 valence electrons. The second kappa shape index (κ2) is 69.8. The van der Waals surface area contributed by atoms with Gasteiger partial charge in [-0.1, -0.05) is 356 Å². The molecule has 0 fully saturated rings. The fraction of sp³-hybridized carbons (Fsp3) is 0.949. The summed E-state index contributed by atoms with van der Waals surface area (Å²) >= 11 is 0. The molecular formula is C78H152O17P2. The van der Waals surface area contributed by atoms with Crippen molar-refractivity contribution in [1.82, 2.24) is 0 Å². The number of unbranched alkanes of at least 4 members (excludes halogenated alkanes) is 46. The molecule has 0 rings (SSSR count). The van der Waals surface area contributed by atoms with Gasteiger partial charge in [-0.05, 0) is 37.5 Å². The number of ether oxygens (including phenoxy) is 4. The summed E-state index contributed by atoms with van der Waals surface area (Å²) in [6, 6.07) is 0. The molecule has 3 N–H and O–H groups in total. The van der Waals surface area contributed by atoms with E-state index in [-0.39, 0.29) is 25.7 Å². The predicted octanol–water partition coefficient (Wildman–Crippen LogP) is 23.1. The molecule has 17 nitrogen and oxygen atoms in total. The average Bonchev–Trinajstić information content (AvgIpc) is 1.48. The first-order valence-corrected chi connectivity index (χ1v) is 43.5. The summed E-state index contributed by atoms with van der Waals surface area (Å²) in [5.41, 5.74) is 0. The van der Waals surface area contributed by atoms with Crippen LogP contribution in [0, 0.1) is 11.8 Å². The number of rotatable bonds is 77. The number of phosphoric ester groups is 2. The molecule has 0 amide bonds. The number of hydrogen-bond donors (Lipinski definition) is 3. The lowest BCUT2D eigenvalue weighted by molar-refractivity contribution is -0.161. The van der Waals surface area contributed by atoms with Gasteiger partial charge in [-0.2, -0.15) is 0 Å². The molecule has 97 heavy (non-hydrogen) atoms. The molecule has 0 aliphatic rings.